The molecule has 1 rings (SSSR count). The van der Waals surface area contributed by atoms with Crippen LogP contribution in [0.1, 0.15) is 29.8 Å². The molecule has 0 saturated carbocycles. The van der Waals surface area contributed by atoms with Gasteiger partial charge in [0.25, 0.3) is 11.8 Å². The van der Waals surface area contributed by atoms with Gasteiger partial charge in [0, 0.05) is 11.6 Å². The zero-order valence-electron chi connectivity index (χ0n) is 14.5. The molecular weight excluding hydrogens is 371 g/mol. The highest BCUT2D eigenvalue weighted by Crippen LogP contribution is 2.28. The molecule has 0 saturated heterocycles. The summed E-state index contributed by atoms with van der Waals surface area (Å²) in [5, 5.41) is 6.47. The Balaban J connectivity index is 2.38. The van der Waals surface area contributed by atoms with Gasteiger partial charge in [-0.25, -0.2) is 4.79 Å². The fraction of sp³-hybridized carbons (Fsp3) is 0.375. The zero-order chi connectivity index (χ0) is 20.6. The third-order valence-electron chi connectivity index (χ3n) is 2.90. The molecule has 0 aliphatic rings. The highest BCUT2D eigenvalue weighted by molar-refractivity contribution is 5.97. The van der Waals surface area contributed by atoms with E-state index in [1.54, 1.807) is 13.8 Å². The molecule has 0 aromatic heterocycles. The SMILES string of the molecule is CC(C)NC(=O)NC(=O)COC(=O)CNC(=O)c1ccc(C(F)(F)F)cc1. The van der Waals surface area contributed by atoms with Crippen molar-refractivity contribution in [1.29, 1.82) is 0 Å². The first-order valence-corrected chi connectivity index (χ1v) is 7.70. The smallest absolute Gasteiger partial charge is 0.416 e. The number of amides is 4. The summed E-state index contributed by atoms with van der Waals surface area (Å²) >= 11 is 0. The minimum Gasteiger partial charge on any atom is -0.454 e. The molecule has 0 aliphatic heterocycles. The van der Waals surface area contributed by atoms with E-state index in [2.05, 4.69) is 15.4 Å². The van der Waals surface area contributed by atoms with Crippen molar-refractivity contribution in [2.45, 2.75) is 26.1 Å². The number of hydrogen-bond donors (Lipinski definition) is 3. The molecule has 8 nitrogen and oxygen atoms in total. The normalized spacial score (nSPS) is 10.9. The number of alkyl halides is 3. The number of hydrogen-bond acceptors (Lipinski definition) is 5. The molecule has 0 spiro atoms. The summed E-state index contributed by atoms with van der Waals surface area (Å²) in [6.45, 7) is 2.03. The predicted octanol–water partition coefficient (Wildman–Crippen LogP) is 1.21. The van der Waals surface area contributed by atoms with E-state index in [-0.39, 0.29) is 11.6 Å². The first-order chi connectivity index (χ1) is 12.5. The summed E-state index contributed by atoms with van der Waals surface area (Å²) < 4.78 is 41.9. The van der Waals surface area contributed by atoms with Crippen LogP contribution in [-0.4, -0.2) is 43.0 Å². The second-order valence-corrected chi connectivity index (χ2v) is 5.59. The van der Waals surface area contributed by atoms with Crippen molar-refractivity contribution in [1.82, 2.24) is 16.0 Å². The second kappa shape index (κ2) is 9.55. The lowest BCUT2D eigenvalue weighted by atomic mass is 10.1. The van der Waals surface area contributed by atoms with E-state index >= 15 is 0 Å². The van der Waals surface area contributed by atoms with Crippen molar-refractivity contribution in [3.8, 4) is 0 Å². The number of benzene rings is 1. The minimum atomic E-state index is -4.52. The number of carbonyl (C=O) groups excluding carboxylic acids is 4. The van der Waals surface area contributed by atoms with Crippen molar-refractivity contribution < 1.29 is 37.1 Å². The van der Waals surface area contributed by atoms with E-state index in [0.717, 1.165) is 24.3 Å². The van der Waals surface area contributed by atoms with Gasteiger partial charge in [-0.1, -0.05) is 0 Å². The summed E-state index contributed by atoms with van der Waals surface area (Å²) in [4.78, 5) is 45.9. The molecule has 1 aromatic carbocycles. The number of carbonyl (C=O) groups is 4. The van der Waals surface area contributed by atoms with E-state index < -0.39 is 48.7 Å². The molecular formula is C16H18F3N3O5. The number of ether oxygens (including phenoxy) is 1. The van der Waals surface area contributed by atoms with Gasteiger partial charge in [-0.2, -0.15) is 13.2 Å². The third kappa shape index (κ3) is 8.21. The van der Waals surface area contributed by atoms with E-state index in [4.69, 9.17) is 0 Å². The number of urea groups is 1. The van der Waals surface area contributed by atoms with Crippen molar-refractivity contribution >= 4 is 23.8 Å². The quantitative estimate of drug-likeness (QED) is 0.633. The first kappa shape index (κ1) is 21.9. The van der Waals surface area contributed by atoms with E-state index in [1.807, 2.05) is 5.32 Å². The van der Waals surface area contributed by atoms with Crippen LogP contribution in [0.4, 0.5) is 18.0 Å². The summed E-state index contributed by atoms with van der Waals surface area (Å²) in [6, 6.07) is 2.45. The summed E-state index contributed by atoms with van der Waals surface area (Å²) in [7, 11) is 0. The predicted molar refractivity (Wildman–Crippen MR) is 86.5 cm³/mol. The molecule has 1 aromatic rings. The van der Waals surface area contributed by atoms with Gasteiger partial charge in [-0.15, -0.1) is 0 Å². The molecule has 0 fully saturated rings. The fourth-order valence-electron chi connectivity index (χ4n) is 1.72. The van der Waals surface area contributed by atoms with Gasteiger partial charge in [-0.3, -0.25) is 19.7 Å². The molecule has 148 valence electrons. The van der Waals surface area contributed by atoms with E-state index in [9.17, 15) is 32.3 Å². The van der Waals surface area contributed by atoms with Crippen LogP contribution in [0.2, 0.25) is 0 Å². The minimum absolute atomic E-state index is 0.0844. The van der Waals surface area contributed by atoms with Gasteiger partial charge in [-0.05, 0) is 38.1 Å². The monoisotopic (exact) mass is 389 g/mol. The molecule has 4 amide bonds. The largest absolute Gasteiger partial charge is 0.454 e. The average molecular weight is 389 g/mol. The van der Waals surface area contributed by atoms with Crippen molar-refractivity contribution in [2.24, 2.45) is 0 Å². The Labute approximate surface area is 152 Å². The molecule has 3 N–H and O–H groups in total. The van der Waals surface area contributed by atoms with Crippen LogP contribution in [0.5, 0.6) is 0 Å². The summed E-state index contributed by atoms with van der Waals surface area (Å²) in [5.74, 6) is -2.62. The van der Waals surface area contributed by atoms with Gasteiger partial charge in [0.15, 0.2) is 6.61 Å². The van der Waals surface area contributed by atoms with Gasteiger partial charge in [0.1, 0.15) is 6.54 Å². The lowest BCUT2D eigenvalue weighted by Gasteiger charge is -2.10. The number of nitrogens with one attached hydrogen (secondary N) is 3. The van der Waals surface area contributed by atoms with Crippen molar-refractivity contribution in [2.75, 3.05) is 13.2 Å². The Morgan fingerprint density at radius 3 is 2.19 bits per heavy atom. The maximum atomic E-state index is 12.4. The number of imide groups is 1. The van der Waals surface area contributed by atoms with Crippen molar-refractivity contribution in [3.05, 3.63) is 35.4 Å². The van der Waals surface area contributed by atoms with E-state index in [1.165, 1.54) is 0 Å². The Kier molecular flexibility index (Phi) is 7.76. The molecule has 0 radical (unpaired) electrons. The van der Waals surface area contributed by atoms with Gasteiger partial charge in [0.2, 0.25) is 0 Å². The third-order valence-corrected chi connectivity index (χ3v) is 2.90. The molecule has 0 heterocycles. The molecule has 0 atom stereocenters. The summed E-state index contributed by atoms with van der Waals surface area (Å²) in [5.41, 5.74) is -0.995. The van der Waals surface area contributed by atoms with Crippen LogP contribution in [-0.2, 0) is 20.5 Å². The highest BCUT2D eigenvalue weighted by atomic mass is 19.4. The lowest BCUT2D eigenvalue weighted by molar-refractivity contribution is -0.147. The Morgan fingerprint density at radius 1 is 1.07 bits per heavy atom. The molecule has 0 unspecified atom stereocenters. The lowest BCUT2D eigenvalue weighted by Crippen LogP contribution is -2.44. The maximum Gasteiger partial charge on any atom is 0.416 e. The van der Waals surface area contributed by atoms with Crippen LogP contribution in [0.15, 0.2) is 24.3 Å². The fourth-order valence-corrected chi connectivity index (χ4v) is 1.72. The van der Waals surface area contributed by atoms with Gasteiger partial charge < -0.3 is 15.4 Å². The van der Waals surface area contributed by atoms with Crippen molar-refractivity contribution in [3.63, 3.8) is 0 Å². The first-order valence-electron chi connectivity index (χ1n) is 7.70. The second-order valence-electron chi connectivity index (χ2n) is 5.59. The maximum absolute atomic E-state index is 12.4. The molecule has 11 heteroatoms. The molecule has 0 aliphatic carbocycles. The van der Waals surface area contributed by atoms with Crippen LogP contribution in [0.3, 0.4) is 0 Å². The summed E-state index contributed by atoms with van der Waals surface area (Å²) in [6.07, 6.45) is -4.52. The number of halogens is 3. The van der Waals surface area contributed by atoms with Gasteiger partial charge >= 0.3 is 18.2 Å². The van der Waals surface area contributed by atoms with Crippen LogP contribution >= 0.6 is 0 Å². The zero-order valence-corrected chi connectivity index (χ0v) is 14.5. The van der Waals surface area contributed by atoms with E-state index in [0.29, 0.717) is 0 Å². The topological polar surface area (TPSA) is 114 Å². The number of esters is 1. The molecule has 0 bridgehead atoms. The highest BCUT2D eigenvalue weighted by Gasteiger charge is 2.30. The Bertz CT molecular complexity index is 702. The van der Waals surface area contributed by atoms with Crippen LogP contribution in [0.25, 0.3) is 0 Å². The van der Waals surface area contributed by atoms with Crippen LogP contribution < -0.4 is 16.0 Å². The van der Waals surface area contributed by atoms with Crippen LogP contribution in [0, 0.1) is 0 Å². The molecule has 27 heavy (non-hydrogen) atoms. The average Bonchev–Trinajstić information content (AvgIpc) is 2.56. The Morgan fingerprint density at radius 2 is 1.67 bits per heavy atom. The standard InChI is InChI=1S/C16H18F3N3O5/c1-9(2)21-15(26)22-12(23)8-27-13(24)7-20-14(25)10-3-5-11(6-4-10)16(17,18)19/h3-6,9H,7-8H2,1-2H3,(H,20,25)(H2,21,22,23,26). The number of rotatable bonds is 6. The Hall–Kier alpha value is -3.11. The van der Waals surface area contributed by atoms with Gasteiger partial charge in [0.05, 0.1) is 5.56 Å².